The van der Waals surface area contributed by atoms with Gasteiger partial charge in [0.15, 0.2) is 5.75 Å². The molecule has 0 fully saturated rings. The summed E-state index contributed by atoms with van der Waals surface area (Å²) in [6.07, 6.45) is 1.28. The van der Waals surface area contributed by atoms with E-state index in [1.54, 1.807) is 24.3 Å². The van der Waals surface area contributed by atoms with E-state index in [0.717, 1.165) is 5.56 Å². The molecule has 3 N–H and O–H groups in total. The Morgan fingerprint density at radius 2 is 1.87 bits per heavy atom. The standard InChI is InChI=1S/C22H20N4O5/c1-30-20-12-16(13-24-25-22(27)17-7-9-18(23)10-8-17)11-19(26(28)29)21(20)31-14-15-5-3-2-4-6-15/h2-13H,14,23H2,1H3,(H,25,27)/b24-13-. The second-order valence-electron chi connectivity index (χ2n) is 6.42. The number of nitrogens with two attached hydrogens (primary N) is 1. The minimum Gasteiger partial charge on any atom is -0.493 e. The Morgan fingerprint density at radius 3 is 2.52 bits per heavy atom. The van der Waals surface area contributed by atoms with Crippen molar-refractivity contribution in [3.8, 4) is 11.5 Å². The lowest BCUT2D eigenvalue weighted by molar-refractivity contribution is -0.386. The van der Waals surface area contributed by atoms with Gasteiger partial charge >= 0.3 is 5.69 Å². The number of benzene rings is 3. The second kappa shape index (κ2) is 9.88. The molecule has 0 radical (unpaired) electrons. The van der Waals surface area contributed by atoms with Crippen LogP contribution in [0.1, 0.15) is 21.5 Å². The van der Waals surface area contributed by atoms with E-state index in [-0.39, 0.29) is 23.8 Å². The van der Waals surface area contributed by atoms with Gasteiger partial charge in [-0.3, -0.25) is 14.9 Å². The number of anilines is 1. The van der Waals surface area contributed by atoms with Crippen LogP contribution in [0.3, 0.4) is 0 Å². The van der Waals surface area contributed by atoms with Gasteiger partial charge in [-0.05, 0) is 35.9 Å². The molecule has 0 aliphatic carbocycles. The van der Waals surface area contributed by atoms with Crippen molar-refractivity contribution >= 4 is 23.5 Å². The van der Waals surface area contributed by atoms with Gasteiger partial charge in [0.25, 0.3) is 5.91 Å². The zero-order chi connectivity index (χ0) is 22.2. The van der Waals surface area contributed by atoms with E-state index in [1.165, 1.54) is 25.5 Å². The van der Waals surface area contributed by atoms with Gasteiger partial charge in [0.2, 0.25) is 5.75 Å². The fourth-order valence-corrected chi connectivity index (χ4v) is 2.71. The van der Waals surface area contributed by atoms with Crippen molar-refractivity contribution in [2.24, 2.45) is 5.10 Å². The lowest BCUT2D eigenvalue weighted by Crippen LogP contribution is -2.17. The number of nitro groups is 1. The van der Waals surface area contributed by atoms with Gasteiger partial charge in [-0.15, -0.1) is 0 Å². The third kappa shape index (κ3) is 5.57. The number of hydrazone groups is 1. The van der Waals surface area contributed by atoms with Gasteiger partial charge in [-0.1, -0.05) is 30.3 Å². The SMILES string of the molecule is COc1cc(/C=N\NC(=O)c2ccc(N)cc2)cc([N+](=O)[O-])c1OCc1ccccc1. The molecule has 3 rings (SSSR count). The first-order valence-corrected chi connectivity index (χ1v) is 9.20. The third-order valence-electron chi connectivity index (χ3n) is 4.25. The number of carbonyl (C=O) groups is 1. The molecule has 0 aromatic heterocycles. The highest BCUT2D eigenvalue weighted by Gasteiger charge is 2.22. The largest absolute Gasteiger partial charge is 0.493 e. The van der Waals surface area contributed by atoms with E-state index in [2.05, 4.69) is 10.5 Å². The fraction of sp³-hybridized carbons (Fsp3) is 0.0909. The Balaban J connectivity index is 1.78. The minimum absolute atomic E-state index is 0.0133. The Bertz CT molecular complexity index is 1100. The summed E-state index contributed by atoms with van der Waals surface area (Å²) in [4.78, 5) is 23.1. The van der Waals surface area contributed by atoms with Gasteiger partial charge in [0.05, 0.1) is 18.2 Å². The lowest BCUT2D eigenvalue weighted by atomic mass is 10.1. The van der Waals surface area contributed by atoms with Crippen LogP contribution in [-0.4, -0.2) is 24.2 Å². The molecule has 9 nitrogen and oxygen atoms in total. The summed E-state index contributed by atoms with van der Waals surface area (Å²) < 4.78 is 11.0. The van der Waals surface area contributed by atoms with Crippen molar-refractivity contribution in [3.63, 3.8) is 0 Å². The number of hydrogen-bond donors (Lipinski definition) is 2. The molecule has 0 saturated carbocycles. The Morgan fingerprint density at radius 1 is 1.16 bits per heavy atom. The number of carbonyl (C=O) groups excluding carboxylic acids is 1. The summed E-state index contributed by atoms with van der Waals surface area (Å²) in [7, 11) is 1.39. The average molecular weight is 420 g/mol. The van der Waals surface area contributed by atoms with Crippen molar-refractivity contribution < 1.29 is 19.2 Å². The molecular weight excluding hydrogens is 400 g/mol. The van der Waals surface area contributed by atoms with Gasteiger partial charge in [-0.25, -0.2) is 5.43 Å². The smallest absolute Gasteiger partial charge is 0.315 e. The molecule has 3 aromatic rings. The van der Waals surface area contributed by atoms with E-state index in [4.69, 9.17) is 15.2 Å². The van der Waals surface area contributed by atoms with Crippen LogP contribution < -0.4 is 20.6 Å². The molecule has 158 valence electrons. The van der Waals surface area contributed by atoms with Gasteiger partial charge < -0.3 is 15.2 Å². The van der Waals surface area contributed by atoms with Gasteiger partial charge in [0.1, 0.15) is 6.61 Å². The molecule has 3 aromatic carbocycles. The fourth-order valence-electron chi connectivity index (χ4n) is 2.71. The molecule has 0 bridgehead atoms. The molecule has 31 heavy (non-hydrogen) atoms. The van der Waals surface area contributed by atoms with Crippen LogP contribution in [0.25, 0.3) is 0 Å². The molecule has 1 amide bonds. The number of methoxy groups -OCH3 is 1. The van der Waals surface area contributed by atoms with E-state index < -0.39 is 10.8 Å². The van der Waals surface area contributed by atoms with Crippen molar-refractivity contribution in [3.05, 3.63) is 93.5 Å². The number of nitrogens with zero attached hydrogens (tertiary/aromatic N) is 2. The summed E-state index contributed by atoms with van der Waals surface area (Å²) >= 11 is 0. The summed E-state index contributed by atoms with van der Waals surface area (Å²) in [5.74, 6) is -0.253. The highest BCUT2D eigenvalue weighted by molar-refractivity contribution is 5.95. The van der Waals surface area contributed by atoms with E-state index in [0.29, 0.717) is 16.8 Å². The summed E-state index contributed by atoms with van der Waals surface area (Å²) in [6.45, 7) is 0.142. The highest BCUT2D eigenvalue weighted by Crippen LogP contribution is 2.38. The maximum atomic E-state index is 12.1. The van der Waals surface area contributed by atoms with Crippen LogP contribution >= 0.6 is 0 Å². The first kappa shape index (κ1) is 21.3. The molecule has 0 atom stereocenters. The monoisotopic (exact) mass is 420 g/mol. The number of nitrogen functional groups attached to an aromatic ring is 1. The number of hydrogen-bond acceptors (Lipinski definition) is 7. The third-order valence-corrected chi connectivity index (χ3v) is 4.25. The number of nitro benzene ring substituents is 1. The first-order valence-electron chi connectivity index (χ1n) is 9.20. The number of ether oxygens (including phenoxy) is 2. The average Bonchev–Trinajstić information content (AvgIpc) is 2.78. The predicted octanol–water partition coefficient (Wildman–Crippen LogP) is 3.53. The number of amides is 1. The normalized spacial score (nSPS) is 10.6. The van der Waals surface area contributed by atoms with Crippen LogP contribution in [0.15, 0.2) is 71.8 Å². The second-order valence-corrected chi connectivity index (χ2v) is 6.42. The molecule has 0 aliphatic heterocycles. The lowest BCUT2D eigenvalue weighted by Gasteiger charge is -2.12. The van der Waals surface area contributed by atoms with Crippen LogP contribution in [0.5, 0.6) is 11.5 Å². The summed E-state index contributed by atoms with van der Waals surface area (Å²) in [5.41, 5.74) is 9.80. The first-order chi connectivity index (χ1) is 15.0. The maximum Gasteiger partial charge on any atom is 0.315 e. The Kier molecular flexibility index (Phi) is 6.79. The maximum absolute atomic E-state index is 12.1. The zero-order valence-electron chi connectivity index (χ0n) is 16.6. The van der Waals surface area contributed by atoms with Gasteiger partial charge in [0, 0.05) is 22.9 Å². The molecule has 9 heteroatoms. The molecular formula is C22H20N4O5. The van der Waals surface area contributed by atoms with Crippen LogP contribution in [0.4, 0.5) is 11.4 Å². The molecule has 0 spiro atoms. The van der Waals surface area contributed by atoms with Crippen molar-refractivity contribution in [2.45, 2.75) is 6.61 Å². The zero-order valence-corrected chi connectivity index (χ0v) is 16.6. The molecule has 0 aliphatic rings. The van der Waals surface area contributed by atoms with E-state index in [1.807, 2.05) is 30.3 Å². The van der Waals surface area contributed by atoms with E-state index >= 15 is 0 Å². The Labute approximate surface area is 178 Å². The minimum atomic E-state index is -0.562. The van der Waals surface area contributed by atoms with E-state index in [9.17, 15) is 14.9 Å². The molecule has 0 heterocycles. The predicted molar refractivity (Wildman–Crippen MR) is 116 cm³/mol. The number of nitrogens with one attached hydrogen (secondary N) is 1. The number of rotatable bonds is 8. The van der Waals surface area contributed by atoms with Crippen LogP contribution in [0.2, 0.25) is 0 Å². The topological polar surface area (TPSA) is 129 Å². The van der Waals surface area contributed by atoms with Crippen LogP contribution in [0, 0.1) is 10.1 Å². The summed E-state index contributed by atoms with van der Waals surface area (Å²) in [6, 6.07) is 18.4. The quantitative estimate of drug-likeness (QED) is 0.248. The molecule has 0 unspecified atom stereocenters. The van der Waals surface area contributed by atoms with Crippen molar-refractivity contribution in [1.82, 2.24) is 5.43 Å². The molecule has 0 saturated heterocycles. The highest BCUT2D eigenvalue weighted by atomic mass is 16.6. The van der Waals surface area contributed by atoms with Crippen molar-refractivity contribution in [2.75, 3.05) is 12.8 Å². The Hall–Kier alpha value is -4.40. The van der Waals surface area contributed by atoms with Crippen LogP contribution in [-0.2, 0) is 6.61 Å². The van der Waals surface area contributed by atoms with Crippen molar-refractivity contribution in [1.29, 1.82) is 0 Å². The van der Waals surface area contributed by atoms with Gasteiger partial charge in [-0.2, -0.15) is 5.10 Å². The summed E-state index contributed by atoms with van der Waals surface area (Å²) in [5, 5.41) is 15.5.